The van der Waals surface area contributed by atoms with E-state index < -0.39 is 0 Å². The maximum Gasteiger partial charge on any atom is 0.263 e. The van der Waals surface area contributed by atoms with Gasteiger partial charge in [0.1, 0.15) is 6.54 Å². The van der Waals surface area contributed by atoms with E-state index in [0.29, 0.717) is 35.1 Å². The Hall–Kier alpha value is -4.25. The van der Waals surface area contributed by atoms with Crippen LogP contribution in [0.25, 0.3) is 5.95 Å². The molecule has 1 unspecified atom stereocenters. The quantitative estimate of drug-likeness (QED) is 0.346. The van der Waals surface area contributed by atoms with Gasteiger partial charge in [-0.05, 0) is 62.9 Å². The summed E-state index contributed by atoms with van der Waals surface area (Å²) in [6.07, 6.45) is 0.520. The molecular weight excluding hydrogens is 516 g/mol. The number of aromatic nitrogens is 4. The Labute approximate surface area is 230 Å². The SMILES string of the molecule is COc1ccc(C2CC(c3cccs3)=NN2C(=O)Cn2c(-n3nc(C)cc3C)nc(C)c(C)c2=O)cc1OC. The predicted octanol–water partition coefficient (Wildman–Crippen LogP) is 4.12. The number of hydrogen-bond acceptors (Lipinski definition) is 8. The van der Waals surface area contributed by atoms with Crippen LogP contribution in [0.15, 0.2) is 51.7 Å². The third-order valence-corrected chi connectivity index (χ3v) is 7.79. The summed E-state index contributed by atoms with van der Waals surface area (Å²) in [6.45, 7) is 7.01. The second-order valence-corrected chi connectivity index (χ2v) is 10.4. The van der Waals surface area contributed by atoms with E-state index in [-0.39, 0.29) is 24.1 Å². The van der Waals surface area contributed by atoms with E-state index in [1.165, 1.54) is 9.58 Å². The normalized spacial score (nSPS) is 15.0. The van der Waals surface area contributed by atoms with Crippen molar-refractivity contribution in [2.75, 3.05) is 14.2 Å². The van der Waals surface area contributed by atoms with Crippen LogP contribution >= 0.6 is 11.3 Å². The number of ether oxygens (including phenoxy) is 2. The molecule has 11 heteroatoms. The number of carbonyl (C=O) groups is 1. The highest BCUT2D eigenvalue weighted by molar-refractivity contribution is 7.12. The monoisotopic (exact) mass is 546 g/mol. The van der Waals surface area contributed by atoms with Gasteiger partial charge in [0.05, 0.1) is 36.5 Å². The molecule has 4 aromatic rings. The Bertz CT molecular complexity index is 1640. The van der Waals surface area contributed by atoms with Crippen LogP contribution < -0.4 is 15.0 Å². The maximum absolute atomic E-state index is 14.0. The largest absolute Gasteiger partial charge is 0.493 e. The number of hydrogen-bond donors (Lipinski definition) is 0. The van der Waals surface area contributed by atoms with E-state index in [1.54, 1.807) is 44.1 Å². The number of aryl methyl sites for hydroxylation is 3. The van der Waals surface area contributed by atoms with Crippen LogP contribution in [0.1, 0.15) is 45.5 Å². The molecule has 1 aromatic carbocycles. The van der Waals surface area contributed by atoms with Crippen molar-refractivity contribution < 1.29 is 14.3 Å². The van der Waals surface area contributed by atoms with Crippen molar-refractivity contribution in [1.82, 2.24) is 24.3 Å². The van der Waals surface area contributed by atoms with Gasteiger partial charge < -0.3 is 9.47 Å². The van der Waals surface area contributed by atoms with Crippen molar-refractivity contribution in [2.24, 2.45) is 5.10 Å². The molecule has 0 fully saturated rings. The number of amides is 1. The summed E-state index contributed by atoms with van der Waals surface area (Å²) >= 11 is 1.57. The number of thiophene rings is 1. The molecule has 3 aromatic heterocycles. The Morgan fingerprint density at radius 1 is 1.08 bits per heavy atom. The van der Waals surface area contributed by atoms with E-state index in [9.17, 15) is 9.59 Å². The van der Waals surface area contributed by atoms with Gasteiger partial charge in [-0.1, -0.05) is 12.1 Å². The Morgan fingerprint density at radius 3 is 2.49 bits per heavy atom. The zero-order valence-electron chi connectivity index (χ0n) is 22.8. The van der Waals surface area contributed by atoms with Crippen molar-refractivity contribution >= 4 is 23.0 Å². The van der Waals surface area contributed by atoms with Crippen LogP contribution in [0, 0.1) is 27.7 Å². The Kier molecular flexibility index (Phi) is 7.09. The molecule has 10 nitrogen and oxygen atoms in total. The standard InChI is InChI=1S/C28H30N6O4S/c1-16-12-17(2)33(30-16)28-29-19(4)18(3)27(36)32(28)15-26(35)34-22(14-21(31-34)25-8-7-11-39-25)20-9-10-23(37-5)24(13-20)38-6/h7-13,22H,14-15H2,1-6H3. The van der Waals surface area contributed by atoms with Gasteiger partial charge in [0.2, 0.25) is 5.95 Å². The van der Waals surface area contributed by atoms with Gasteiger partial charge in [0, 0.05) is 23.4 Å². The van der Waals surface area contributed by atoms with Gasteiger partial charge in [-0.25, -0.2) is 14.7 Å². The van der Waals surface area contributed by atoms with Gasteiger partial charge in [-0.15, -0.1) is 11.3 Å². The molecule has 1 atom stereocenters. The summed E-state index contributed by atoms with van der Waals surface area (Å²) in [7, 11) is 3.16. The molecule has 1 aliphatic rings. The summed E-state index contributed by atoms with van der Waals surface area (Å²) < 4.78 is 13.9. The van der Waals surface area contributed by atoms with Crippen molar-refractivity contribution in [1.29, 1.82) is 0 Å². The smallest absolute Gasteiger partial charge is 0.263 e. The minimum atomic E-state index is -0.387. The van der Waals surface area contributed by atoms with Crippen LogP contribution in [-0.2, 0) is 11.3 Å². The number of nitrogens with zero attached hydrogens (tertiary/aromatic N) is 6. The second kappa shape index (κ2) is 10.5. The van der Waals surface area contributed by atoms with Crippen LogP contribution in [0.4, 0.5) is 0 Å². The first-order valence-electron chi connectivity index (χ1n) is 12.5. The molecule has 5 rings (SSSR count). The number of carbonyl (C=O) groups excluding carboxylic acids is 1. The van der Waals surface area contributed by atoms with Gasteiger partial charge in [0.15, 0.2) is 11.5 Å². The van der Waals surface area contributed by atoms with Gasteiger partial charge in [-0.3, -0.25) is 14.2 Å². The first-order chi connectivity index (χ1) is 18.7. The Morgan fingerprint density at radius 2 is 1.85 bits per heavy atom. The highest BCUT2D eigenvalue weighted by Gasteiger charge is 2.35. The van der Waals surface area contributed by atoms with E-state index in [2.05, 4.69) is 10.1 Å². The highest BCUT2D eigenvalue weighted by Crippen LogP contribution is 2.38. The number of methoxy groups -OCH3 is 2. The minimum Gasteiger partial charge on any atom is -0.493 e. The molecule has 0 N–H and O–H groups in total. The van der Waals surface area contributed by atoms with E-state index >= 15 is 0 Å². The van der Waals surface area contributed by atoms with Gasteiger partial charge in [-0.2, -0.15) is 10.2 Å². The van der Waals surface area contributed by atoms with Crippen molar-refractivity contribution in [2.45, 2.75) is 46.7 Å². The van der Waals surface area contributed by atoms with Crippen LogP contribution in [0.2, 0.25) is 0 Å². The van der Waals surface area contributed by atoms with Crippen LogP contribution in [-0.4, -0.2) is 50.2 Å². The first kappa shape index (κ1) is 26.4. The maximum atomic E-state index is 14.0. The Balaban J connectivity index is 1.57. The molecule has 1 aliphatic heterocycles. The summed E-state index contributed by atoms with van der Waals surface area (Å²) in [5, 5.41) is 12.7. The van der Waals surface area contributed by atoms with Crippen molar-refractivity contribution in [3.05, 3.63) is 85.2 Å². The fourth-order valence-corrected chi connectivity index (χ4v) is 5.46. The fraction of sp³-hybridized carbons (Fsp3) is 0.321. The second-order valence-electron chi connectivity index (χ2n) is 9.45. The average Bonchev–Trinajstić information content (AvgIpc) is 3.68. The molecule has 0 saturated heterocycles. The van der Waals surface area contributed by atoms with Gasteiger partial charge in [0.25, 0.3) is 11.5 Å². The molecule has 4 heterocycles. The minimum absolute atomic E-state index is 0.244. The molecule has 1 amide bonds. The van der Waals surface area contributed by atoms with Crippen LogP contribution in [0.3, 0.4) is 0 Å². The topological polar surface area (TPSA) is 104 Å². The highest BCUT2D eigenvalue weighted by atomic mass is 32.1. The van der Waals surface area contributed by atoms with E-state index in [1.807, 2.05) is 55.6 Å². The molecule has 39 heavy (non-hydrogen) atoms. The van der Waals surface area contributed by atoms with Gasteiger partial charge >= 0.3 is 0 Å². The summed E-state index contributed by atoms with van der Waals surface area (Å²) in [5.74, 6) is 1.12. The lowest BCUT2D eigenvalue weighted by Crippen LogP contribution is -2.37. The molecular formula is C28H30N6O4S. The lowest BCUT2D eigenvalue weighted by Gasteiger charge is -2.24. The van der Waals surface area contributed by atoms with Crippen LogP contribution in [0.5, 0.6) is 11.5 Å². The number of hydrazone groups is 1. The number of rotatable bonds is 7. The summed E-state index contributed by atoms with van der Waals surface area (Å²) in [4.78, 5) is 33.1. The summed E-state index contributed by atoms with van der Waals surface area (Å²) in [6, 6.07) is 11.0. The lowest BCUT2D eigenvalue weighted by molar-refractivity contribution is -0.133. The number of benzene rings is 1. The predicted molar refractivity (Wildman–Crippen MR) is 149 cm³/mol. The fourth-order valence-electron chi connectivity index (χ4n) is 4.74. The van der Waals surface area contributed by atoms with E-state index in [0.717, 1.165) is 27.5 Å². The van der Waals surface area contributed by atoms with E-state index in [4.69, 9.17) is 14.6 Å². The molecule has 0 spiro atoms. The lowest BCUT2D eigenvalue weighted by atomic mass is 10.0. The zero-order chi connectivity index (χ0) is 27.8. The molecule has 0 radical (unpaired) electrons. The van der Waals surface area contributed by atoms with Crippen molar-refractivity contribution in [3.63, 3.8) is 0 Å². The van der Waals surface area contributed by atoms with Crippen molar-refractivity contribution in [3.8, 4) is 17.4 Å². The third-order valence-electron chi connectivity index (χ3n) is 6.87. The molecule has 0 saturated carbocycles. The zero-order valence-corrected chi connectivity index (χ0v) is 23.6. The average molecular weight is 547 g/mol. The molecule has 0 bridgehead atoms. The first-order valence-corrected chi connectivity index (χ1v) is 13.4. The third kappa shape index (κ3) is 4.85. The molecule has 0 aliphatic carbocycles. The summed E-state index contributed by atoms with van der Waals surface area (Å²) in [5.41, 5.74) is 4.04. The molecule has 202 valence electrons.